The van der Waals surface area contributed by atoms with Gasteiger partial charge in [0.05, 0.1) is 12.7 Å². The molecular formula is C40H67O9P. The molecule has 0 heterocycles. The number of hydrogen-bond donors (Lipinski definition) is 3. The molecule has 0 aliphatic carbocycles. The molecule has 0 saturated heterocycles. The molecule has 0 aliphatic rings. The quantitative estimate of drug-likeness (QED) is 0.0203. The largest absolute Gasteiger partial charge is 0.469 e. The predicted octanol–water partition coefficient (Wildman–Crippen LogP) is 9.95. The van der Waals surface area contributed by atoms with Crippen LogP contribution < -0.4 is 0 Å². The molecule has 0 aliphatic heterocycles. The maximum atomic E-state index is 12.3. The molecule has 0 bridgehead atoms. The molecule has 0 spiro atoms. The zero-order chi connectivity index (χ0) is 37.1. The molecule has 0 aromatic carbocycles. The van der Waals surface area contributed by atoms with E-state index in [4.69, 9.17) is 19.3 Å². The van der Waals surface area contributed by atoms with E-state index in [-0.39, 0.29) is 19.4 Å². The second kappa shape index (κ2) is 33.6. The number of rotatable bonds is 32. The number of phosphoric acid groups is 1. The number of hydrogen-bond acceptors (Lipinski definition) is 7. The molecule has 286 valence electrons. The van der Waals surface area contributed by atoms with Crippen LogP contribution in [0.25, 0.3) is 0 Å². The molecule has 0 aromatic heterocycles. The van der Waals surface area contributed by atoms with Crippen LogP contribution in [-0.4, -0.2) is 52.3 Å². The molecule has 0 fully saturated rings. The van der Waals surface area contributed by atoms with Crippen LogP contribution >= 0.6 is 7.82 Å². The van der Waals surface area contributed by atoms with Gasteiger partial charge in [0.2, 0.25) is 0 Å². The minimum Gasteiger partial charge on any atom is -0.462 e. The summed E-state index contributed by atoms with van der Waals surface area (Å²) in [6, 6.07) is 0. The highest BCUT2D eigenvalue weighted by atomic mass is 31.2. The standard InChI is InChI=1S/C40H67O9P/c1-4-6-7-8-9-10-11-12-13-14-18-21-25-30-37(41)31-26-23-28-33-40(43)49-38(35-48-50(44,45)46)34-47-39(42)32-27-22-19-16-15-17-20-24-29-36(3)5-2/h6-7,9-10,12-13,18,21,23,25-26,30,36-38,41H,4-5,8,11,14-17,19-20,22,24,27-29,31-35H2,1-3H3,(H2,44,45,46)/b7-6-,10-9-,13-12-,21-18-,26-23-,30-25-/t36?,37?,38-/m1/s1. The monoisotopic (exact) mass is 722 g/mol. The fraction of sp³-hybridized carbons (Fsp3) is 0.650. The molecule has 0 amide bonds. The second-order valence-electron chi connectivity index (χ2n) is 12.6. The van der Waals surface area contributed by atoms with Crippen molar-refractivity contribution in [1.29, 1.82) is 0 Å². The number of allylic oxidation sites excluding steroid dienone is 10. The molecular weight excluding hydrogens is 655 g/mol. The van der Waals surface area contributed by atoms with Crippen LogP contribution in [0, 0.1) is 5.92 Å². The van der Waals surface area contributed by atoms with E-state index in [2.05, 4.69) is 61.8 Å². The molecule has 3 atom stereocenters. The summed E-state index contributed by atoms with van der Waals surface area (Å²) < 4.78 is 26.2. The zero-order valence-corrected chi connectivity index (χ0v) is 31.9. The molecule has 0 aromatic rings. The van der Waals surface area contributed by atoms with E-state index in [0.29, 0.717) is 19.3 Å². The first-order chi connectivity index (χ1) is 24.1. The van der Waals surface area contributed by atoms with Crippen molar-refractivity contribution in [3.05, 3.63) is 72.9 Å². The number of carbonyl (C=O) groups excluding carboxylic acids is 2. The predicted molar refractivity (Wildman–Crippen MR) is 203 cm³/mol. The van der Waals surface area contributed by atoms with E-state index < -0.39 is 38.6 Å². The summed E-state index contributed by atoms with van der Waals surface area (Å²) in [7, 11) is -4.80. The molecule has 0 radical (unpaired) electrons. The van der Waals surface area contributed by atoms with Crippen LogP contribution in [-0.2, 0) is 28.2 Å². The number of aliphatic hydroxyl groups excluding tert-OH is 1. The van der Waals surface area contributed by atoms with E-state index >= 15 is 0 Å². The first-order valence-electron chi connectivity index (χ1n) is 18.7. The average molecular weight is 723 g/mol. The van der Waals surface area contributed by atoms with Gasteiger partial charge < -0.3 is 24.4 Å². The van der Waals surface area contributed by atoms with Crippen LogP contribution in [0.4, 0.5) is 0 Å². The van der Waals surface area contributed by atoms with Crippen LogP contribution in [0.15, 0.2) is 72.9 Å². The molecule has 9 nitrogen and oxygen atoms in total. The Bertz CT molecular complexity index is 1070. The van der Waals surface area contributed by atoms with Gasteiger partial charge in [-0.3, -0.25) is 14.1 Å². The van der Waals surface area contributed by atoms with Gasteiger partial charge in [0.15, 0.2) is 6.10 Å². The highest BCUT2D eigenvalue weighted by Gasteiger charge is 2.22. The van der Waals surface area contributed by atoms with E-state index in [1.165, 1.54) is 38.5 Å². The Morgan fingerprint density at radius 1 is 0.700 bits per heavy atom. The van der Waals surface area contributed by atoms with Gasteiger partial charge in [0, 0.05) is 12.8 Å². The third-order valence-corrected chi connectivity index (χ3v) is 8.36. The van der Waals surface area contributed by atoms with Crippen LogP contribution in [0.2, 0.25) is 0 Å². The third-order valence-electron chi connectivity index (χ3n) is 7.87. The number of carbonyl (C=O) groups is 2. The molecule has 3 N–H and O–H groups in total. The molecule has 0 saturated carbocycles. The number of aliphatic hydroxyl groups is 1. The van der Waals surface area contributed by atoms with Gasteiger partial charge in [-0.1, -0.05) is 151 Å². The maximum absolute atomic E-state index is 12.3. The van der Waals surface area contributed by atoms with Gasteiger partial charge in [0.1, 0.15) is 6.61 Å². The van der Waals surface area contributed by atoms with Crippen LogP contribution in [0.1, 0.15) is 136 Å². The lowest BCUT2D eigenvalue weighted by molar-refractivity contribution is -0.161. The van der Waals surface area contributed by atoms with Gasteiger partial charge in [-0.05, 0) is 50.9 Å². The van der Waals surface area contributed by atoms with E-state index in [9.17, 15) is 19.3 Å². The first-order valence-corrected chi connectivity index (χ1v) is 20.3. The van der Waals surface area contributed by atoms with Crippen LogP contribution in [0.3, 0.4) is 0 Å². The number of unbranched alkanes of at least 4 members (excludes halogenated alkanes) is 7. The minimum absolute atomic E-state index is 0.00259. The SMILES string of the molecule is CC/C=C\C/C=C\C/C=C\C/C=C\C=C/C(O)C/C=C\CCC(=O)O[C@H](COC(=O)CCCCCCCCCCC(C)CC)COP(=O)(O)O. The average Bonchev–Trinajstić information content (AvgIpc) is 3.08. The fourth-order valence-electron chi connectivity index (χ4n) is 4.69. The lowest BCUT2D eigenvalue weighted by atomic mass is 9.99. The molecule has 0 rings (SSSR count). The van der Waals surface area contributed by atoms with E-state index in [1.807, 2.05) is 12.2 Å². The smallest absolute Gasteiger partial charge is 0.462 e. The number of esters is 2. The van der Waals surface area contributed by atoms with Crippen LogP contribution in [0.5, 0.6) is 0 Å². The van der Waals surface area contributed by atoms with Gasteiger partial charge in [0.25, 0.3) is 0 Å². The lowest BCUT2D eigenvalue weighted by Crippen LogP contribution is -2.29. The Hall–Kier alpha value is -2.55. The van der Waals surface area contributed by atoms with Crippen molar-refractivity contribution in [1.82, 2.24) is 0 Å². The third kappa shape index (κ3) is 35.3. The lowest BCUT2D eigenvalue weighted by Gasteiger charge is -2.18. The molecule has 10 heteroatoms. The Morgan fingerprint density at radius 3 is 1.92 bits per heavy atom. The maximum Gasteiger partial charge on any atom is 0.469 e. The Morgan fingerprint density at radius 2 is 1.30 bits per heavy atom. The second-order valence-corrected chi connectivity index (χ2v) is 13.9. The zero-order valence-electron chi connectivity index (χ0n) is 31.0. The summed E-state index contributed by atoms with van der Waals surface area (Å²) in [5.41, 5.74) is 0. The van der Waals surface area contributed by atoms with Crippen molar-refractivity contribution in [2.24, 2.45) is 5.92 Å². The highest BCUT2D eigenvalue weighted by molar-refractivity contribution is 7.46. The Balaban J connectivity index is 4.25. The summed E-state index contributed by atoms with van der Waals surface area (Å²) in [6.45, 7) is 5.71. The van der Waals surface area contributed by atoms with Crippen molar-refractivity contribution < 1.29 is 43.0 Å². The van der Waals surface area contributed by atoms with Crippen molar-refractivity contribution in [2.75, 3.05) is 13.2 Å². The van der Waals surface area contributed by atoms with Crippen molar-refractivity contribution in [3.8, 4) is 0 Å². The summed E-state index contributed by atoms with van der Waals surface area (Å²) >= 11 is 0. The number of ether oxygens (including phenoxy) is 2. The van der Waals surface area contributed by atoms with Crippen molar-refractivity contribution in [2.45, 2.75) is 149 Å². The highest BCUT2D eigenvalue weighted by Crippen LogP contribution is 2.36. The van der Waals surface area contributed by atoms with Gasteiger partial charge in [-0.15, -0.1) is 0 Å². The topological polar surface area (TPSA) is 140 Å². The fourth-order valence-corrected chi connectivity index (χ4v) is 5.05. The van der Waals surface area contributed by atoms with E-state index in [0.717, 1.165) is 50.9 Å². The Kier molecular flexibility index (Phi) is 31.9. The van der Waals surface area contributed by atoms with Crippen molar-refractivity contribution in [3.63, 3.8) is 0 Å². The summed E-state index contributed by atoms with van der Waals surface area (Å²) in [4.78, 5) is 42.7. The minimum atomic E-state index is -4.80. The summed E-state index contributed by atoms with van der Waals surface area (Å²) in [6.07, 6.45) is 38.1. The number of phosphoric ester groups is 1. The van der Waals surface area contributed by atoms with Gasteiger partial charge >= 0.3 is 19.8 Å². The van der Waals surface area contributed by atoms with E-state index in [1.54, 1.807) is 24.3 Å². The summed E-state index contributed by atoms with van der Waals surface area (Å²) in [5.74, 6) is -0.263. The molecule has 50 heavy (non-hydrogen) atoms. The molecule has 2 unspecified atom stereocenters. The van der Waals surface area contributed by atoms with Gasteiger partial charge in [-0.25, -0.2) is 4.57 Å². The summed E-state index contributed by atoms with van der Waals surface area (Å²) in [5, 5.41) is 10.1. The van der Waals surface area contributed by atoms with Gasteiger partial charge in [-0.2, -0.15) is 0 Å². The first kappa shape index (κ1) is 47.4. The van der Waals surface area contributed by atoms with Crippen molar-refractivity contribution >= 4 is 19.8 Å². The Labute approximate surface area is 302 Å². The normalized spacial score (nSPS) is 14.6.